The molecule has 1 saturated carbocycles. The molecule has 1 aromatic carbocycles. The van der Waals surface area contributed by atoms with Crippen molar-refractivity contribution in [2.24, 2.45) is 11.8 Å². The first-order valence-corrected chi connectivity index (χ1v) is 9.31. The number of anilines is 1. The highest BCUT2D eigenvalue weighted by Gasteiger charge is 2.48. The minimum Gasteiger partial charge on any atom is -0.454 e. The first kappa shape index (κ1) is 19.4. The van der Waals surface area contributed by atoms with Gasteiger partial charge in [0.15, 0.2) is 6.61 Å². The molecule has 8 heteroatoms. The molecule has 3 rings (SSSR count). The average Bonchev–Trinajstić information content (AvgIpc) is 2.88. The fourth-order valence-electron chi connectivity index (χ4n) is 3.58. The summed E-state index contributed by atoms with van der Waals surface area (Å²) in [4.78, 5) is 49.5. The number of hydrogen-bond donors (Lipinski definition) is 1. The monoisotopic (exact) mass is 392 g/mol. The van der Waals surface area contributed by atoms with Crippen molar-refractivity contribution in [2.75, 3.05) is 18.5 Å². The molecule has 1 aromatic rings. The second-order valence-electron chi connectivity index (χ2n) is 6.93. The lowest BCUT2D eigenvalue weighted by atomic mass is 9.81. The number of aryl methyl sites for hydroxylation is 1. The van der Waals surface area contributed by atoms with Crippen LogP contribution in [-0.2, 0) is 23.9 Å². The van der Waals surface area contributed by atoms with Crippen molar-refractivity contribution in [2.45, 2.75) is 32.6 Å². The number of imide groups is 1. The van der Waals surface area contributed by atoms with E-state index in [0.717, 1.165) is 23.3 Å². The van der Waals surface area contributed by atoms with Gasteiger partial charge < -0.3 is 10.1 Å². The SMILES string of the molecule is Cc1ccc(NC(=O)COC(=O)CN2C(=O)[C@H]3CCCC[C@@H]3C2=O)cc1Cl. The predicted octanol–water partition coefficient (Wildman–Crippen LogP) is 2.31. The molecule has 0 unspecified atom stereocenters. The van der Waals surface area contributed by atoms with Crippen LogP contribution in [0.3, 0.4) is 0 Å². The molecular weight excluding hydrogens is 372 g/mol. The van der Waals surface area contributed by atoms with Crippen LogP contribution >= 0.6 is 11.6 Å². The fourth-order valence-corrected chi connectivity index (χ4v) is 3.76. The largest absolute Gasteiger partial charge is 0.454 e. The van der Waals surface area contributed by atoms with Crippen LogP contribution in [0.5, 0.6) is 0 Å². The third-order valence-electron chi connectivity index (χ3n) is 5.04. The van der Waals surface area contributed by atoms with Crippen molar-refractivity contribution >= 4 is 41.0 Å². The van der Waals surface area contributed by atoms with Crippen molar-refractivity contribution in [1.82, 2.24) is 4.90 Å². The smallest absolute Gasteiger partial charge is 0.326 e. The zero-order valence-corrected chi connectivity index (χ0v) is 15.8. The molecule has 1 heterocycles. The summed E-state index contributed by atoms with van der Waals surface area (Å²) in [5.41, 5.74) is 1.36. The number of nitrogens with one attached hydrogen (secondary N) is 1. The van der Waals surface area contributed by atoms with Gasteiger partial charge in [-0.25, -0.2) is 0 Å². The molecule has 27 heavy (non-hydrogen) atoms. The molecule has 2 aliphatic rings. The van der Waals surface area contributed by atoms with E-state index < -0.39 is 25.0 Å². The highest BCUT2D eigenvalue weighted by Crippen LogP contribution is 2.37. The summed E-state index contributed by atoms with van der Waals surface area (Å²) in [5.74, 6) is -2.55. The molecule has 0 spiro atoms. The number of carbonyl (C=O) groups excluding carboxylic acids is 4. The maximum absolute atomic E-state index is 12.3. The number of benzene rings is 1. The average molecular weight is 393 g/mol. The molecule has 0 bridgehead atoms. The lowest BCUT2D eigenvalue weighted by molar-refractivity contribution is -0.154. The molecule has 1 aliphatic heterocycles. The first-order valence-electron chi connectivity index (χ1n) is 8.93. The van der Waals surface area contributed by atoms with Gasteiger partial charge in [-0.2, -0.15) is 0 Å². The number of carbonyl (C=O) groups is 4. The van der Waals surface area contributed by atoms with E-state index in [4.69, 9.17) is 16.3 Å². The van der Waals surface area contributed by atoms with Crippen LogP contribution in [0.15, 0.2) is 18.2 Å². The van der Waals surface area contributed by atoms with Gasteiger partial charge in [0.25, 0.3) is 5.91 Å². The van der Waals surface area contributed by atoms with Gasteiger partial charge in [0.2, 0.25) is 11.8 Å². The van der Waals surface area contributed by atoms with Crippen molar-refractivity contribution < 1.29 is 23.9 Å². The molecule has 0 radical (unpaired) electrons. The Kier molecular flexibility index (Phi) is 5.79. The molecule has 1 aliphatic carbocycles. The minimum atomic E-state index is -0.785. The molecule has 1 saturated heterocycles. The molecule has 2 fully saturated rings. The van der Waals surface area contributed by atoms with Gasteiger partial charge >= 0.3 is 5.97 Å². The summed E-state index contributed by atoms with van der Waals surface area (Å²) in [7, 11) is 0. The number of ether oxygens (including phenoxy) is 1. The van der Waals surface area contributed by atoms with Crippen LogP contribution in [0.4, 0.5) is 5.69 Å². The van der Waals surface area contributed by atoms with Crippen LogP contribution in [0.25, 0.3) is 0 Å². The van der Waals surface area contributed by atoms with Gasteiger partial charge in [0.05, 0.1) is 11.8 Å². The standard InChI is InChI=1S/C19H21ClN2O5/c1-11-6-7-12(8-15(11)20)21-16(23)10-27-17(24)9-22-18(25)13-4-2-3-5-14(13)19(22)26/h6-8,13-14H,2-5,9-10H2,1H3,(H,21,23)/t13-,14-/m0/s1. The maximum Gasteiger partial charge on any atom is 0.326 e. The van der Waals surface area contributed by atoms with Gasteiger partial charge in [-0.3, -0.25) is 24.1 Å². The fraction of sp³-hybridized carbons (Fsp3) is 0.474. The van der Waals surface area contributed by atoms with Crippen molar-refractivity contribution in [3.05, 3.63) is 28.8 Å². The number of likely N-dealkylation sites (tertiary alicyclic amines) is 1. The molecule has 144 valence electrons. The van der Waals surface area contributed by atoms with E-state index in [0.29, 0.717) is 23.6 Å². The zero-order chi connectivity index (χ0) is 19.6. The number of fused-ring (bicyclic) bond motifs is 1. The van der Waals surface area contributed by atoms with E-state index in [9.17, 15) is 19.2 Å². The van der Waals surface area contributed by atoms with E-state index in [1.54, 1.807) is 18.2 Å². The van der Waals surface area contributed by atoms with E-state index in [2.05, 4.69) is 5.32 Å². The van der Waals surface area contributed by atoms with Crippen molar-refractivity contribution in [3.63, 3.8) is 0 Å². The van der Waals surface area contributed by atoms with E-state index in [1.165, 1.54) is 0 Å². The topological polar surface area (TPSA) is 92.8 Å². The Bertz CT molecular complexity index is 770. The lowest BCUT2D eigenvalue weighted by Crippen LogP contribution is -2.37. The minimum absolute atomic E-state index is 0.305. The van der Waals surface area contributed by atoms with Gasteiger partial charge in [0, 0.05) is 10.7 Å². The van der Waals surface area contributed by atoms with Crippen molar-refractivity contribution in [3.8, 4) is 0 Å². The number of nitrogens with zero attached hydrogens (tertiary/aromatic N) is 1. The highest BCUT2D eigenvalue weighted by molar-refractivity contribution is 6.31. The molecule has 2 atom stereocenters. The Morgan fingerprint density at radius 2 is 1.81 bits per heavy atom. The Labute approximate surface area is 162 Å². The van der Waals surface area contributed by atoms with Crippen LogP contribution in [0.1, 0.15) is 31.2 Å². The first-order chi connectivity index (χ1) is 12.9. The van der Waals surface area contributed by atoms with E-state index >= 15 is 0 Å². The summed E-state index contributed by atoms with van der Waals surface area (Å²) in [5, 5.41) is 3.08. The Balaban J connectivity index is 1.49. The second-order valence-corrected chi connectivity index (χ2v) is 7.34. The molecule has 3 amide bonds. The van der Waals surface area contributed by atoms with Crippen LogP contribution in [-0.4, -0.2) is 41.7 Å². The van der Waals surface area contributed by atoms with Gasteiger partial charge in [-0.1, -0.05) is 30.5 Å². The summed E-state index contributed by atoms with van der Waals surface area (Å²) >= 11 is 5.99. The Hall–Kier alpha value is -2.41. The quantitative estimate of drug-likeness (QED) is 0.613. The van der Waals surface area contributed by atoms with E-state index in [1.807, 2.05) is 6.92 Å². The van der Waals surface area contributed by atoms with Gasteiger partial charge in [0.1, 0.15) is 6.54 Å². The second kappa shape index (κ2) is 8.08. The van der Waals surface area contributed by atoms with Gasteiger partial charge in [-0.05, 0) is 37.5 Å². The summed E-state index contributed by atoms with van der Waals surface area (Å²) in [6.07, 6.45) is 3.20. The highest BCUT2D eigenvalue weighted by atomic mass is 35.5. The summed E-state index contributed by atoms with van der Waals surface area (Å²) in [6, 6.07) is 5.04. The van der Waals surface area contributed by atoms with E-state index in [-0.39, 0.29) is 23.7 Å². The normalized spacial score (nSPS) is 21.8. The summed E-state index contributed by atoms with van der Waals surface area (Å²) in [6.45, 7) is 0.883. The lowest BCUT2D eigenvalue weighted by Gasteiger charge is -2.19. The number of rotatable bonds is 5. The third kappa shape index (κ3) is 4.30. The molecule has 7 nitrogen and oxygen atoms in total. The number of halogens is 1. The zero-order valence-electron chi connectivity index (χ0n) is 15.0. The molecule has 1 N–H and O–H groups in total. The molecule has 0 aromatic heterocycles. The Morgan fingerprint density at radius 3 is 2.41 bits per heavy atom. The summed E-state index contributed by atoms with van der Waals surface area (Å²) < 4.78 is 4.91. The predicted molar refractivity (Wildman–Crippen MR) is 97.9 cm³/mol. The number of hydrogen-bond acceptors (Lipinski definition) is 5. The Morgan fingerprint density at radius 1 is 1.19 bits per heavy atom. The van der Waals surface area contributed by atoms with Crippen LogP contribution in [0, 0.1) is 18.8 Å². The van der Waals surface area contributed by atoms with Crippen LogP contribution < -0.4 is 5.32 Å². The van der Waals surface area contributed by atoms with Crippen molar-refractivity contribution in [1.29, 1.82) is 0 Å². The molecular formula is C19H21ClN2O5. The maximum atomic E-state index is 12.3. The number of amides is 3. The third-order valence-corrected chi connectivity index (χ3v) is 5.45. The van der Waals surface area contributed by atoms with Gasteiger partial charge in [-0.15, -0.1) is 0 Å². The van der Waals surface area contributed by atoms with Crippen LogP contribution in [0.2, 0.25) is 5.02 Å². The number of esters is 1.